The summed E-state index contributed by atoms with van der Waals surface area (Å²) in [5.74, 6) is -1.49. The first-order valence-electron chi connectivity index (χ1n) is 12.4. The van der Waals surface area contributed by atoms with E-state index in [1.165, 1.54) is 17.7 Å². The minimum Gasteiger partial charge on any atom is -0.489 e. The fraction of sp³-hybridized carbons (Fsp3) is 0.233. The number of nitrogens with zero attached hydrogens (tertiary/aromatic N) is 3. The van der Waals surface area contributed by atoms with Crippen molar-refractivity contribution in [3.8, 4) is 11.4 Å². The van der Waals surface area contributed by atoms with Crippen LogP contribution in [0.4, 0.5) is 4.39 Å². The SMILES string of the molecule is CCc1ccc(-n2cc(COc3ccc(CC(C(=O)O)/C(C)=N/OCc4ccc(F)cc4)cc3)cn2)cc1. The molecule has 0 fully saturated rings. The van der Waals surface area contributed by atoms with E-state index in [4.69, 9.17) is 9.57 Å². The molecule has 38 heavy (non-hydrogen) atoms. The maximum absolute atomic E-state index is 13.0. The maximum atomic E-state index is 13.0. The molecule has 1 N–H and O–H groups in total. The zero-order valence-corrected chi connectivity index (χ0v) is 21.4. The van der Waals surface area contributed by atoms with E-state index in [-0.39, 0.29) is 18.8 Å². The number of carboxylic acid groups (broad SMARTS) is 1. The van der Waals surface area contributed by atoms with Gasteiger partial charge in [-0.2, -0.15) is 5.10 Å². The van der Waals surface area contributed by atoms with Crippen molar-refractivity contribution in [3.63, 3.8) is 0 Å². The Morgan fingerprint density at radius 3 is 2.26 bits per heavy atom. The number of aromatic nitrogens is 2. The Morgan fingerprint density at radius 1 is 0.947 bits per heavy atom. The number of benzene rings is 3. The Bertz CT molecular complexity index is 1360. The molecule has 1 aromatic heterocycles. The molecule has 3 aromatic carbocycles. The van der Waals surface area contributed by atoms with Gasteiger partial charge in [0.05, 0.1) is 17.6 Å². The van der Waals surface area contributed by atoms with Crippen molar-refractivity contribution >= 4 is 11.7 Å². The van der Waals surface area contributed by atoms with Crippen molar-refractivity contribution in [1.82, 2.24) is 9.78 Å². The number of carboxylic acids is 1. The quantitative estimate of drug-likeness (QED) is 0.185. The van der Waals surface area contributed by atoms with Crippen molar-refractivity contribution < 1.29 is 23.9 Å². The first-order chi connectivity index (χ1) is 18.4. The number of rotatable bonds is 12. The normalized spacial score (nSPS) is 12.2. The summed E-state index contributed by atoms with van der Waals surface area (Å²) >= 11 is 0. The molecule has 1 unspecified atom stereocenters. The van der Waals surface area contributed by atoms with E-state index in [0.717, 1.165) is 28.8 Å². The average molecular weight is 516 g/mol. The van der Waals surface area contributed by atoms with E-state index in [1.54, 1.807) is 25.3 Å². The van der Waals surface area contributed by atoms with Crippen LogP contribution >= 0.6 is 0 Å². The molecule has 0 spiro atoms. The predicted molar refractivity (Wildman–Crippen MR) is 143 cm³/mol. The minimum atomic E-state index is -0.988. The third-order valence-corrected chi connectivity index (χ3v) is 6.17. The number of ether oxygens (including phenoxy) is 1. The van der Waals surface area contributed by atoms with E-state index >= 15 is 0 Å². The van der Waals surface area contributed by atoms with Gasteiger partial charge in [-0.3, -0.25) is 4.79 Å². The highest BCUT2D eigenvalue weighted by Gasteiger charge is 2.22. The lowest BCUT2D eigenvalue weighted by Crippen LogP contribution is -2.24. The van der Waals surface area contributed by atoms with Gasteiger partial charge in [0.2, 0.25) is 0 Å². The Labute approximate surface area is 221 Å². The monoisotopic (exact) mass is 515 g/mol. The van der Waals surface area contributed by atoms with E-state index in [0.29, 0.717) is 18.1 Å². The van der Waals surface area contributed by atoms with Gasteiger partial charge in [-0.05, 0) is 72.9 Å². The standard InChI is InChI=1S/C30H30FN3O4/c1-3-22-6-12-27(13-7-22)34-18-25(17-32-34)19-37-28-14-8-23(9-15-28)16-29(30(35)36)21(2)33-38-20-24-4-10-26(31)11-5-24/h4-15,17-18,29H,3,16,19-20H2,1-2H3,(H,35,36)/b33-21+. The second-order valence-corrected chi connectivity index (χ2v) is 8.97. The third-order valence-electron chi connectivity index (χ3n) is 6.17. The van der Waals surface area contributed by atoms with Gasteiger partial charge in [-0.25, -0.2) is 9.07 Å². The van der Waals surface area contributed by atoms with Crippen molar-refractivity contribution in [3.05, 3.63) is 113 Å². The summed E-state index contributed by atoms with van der Waals surface area (Å²) in [4.78, 5) is 17.2. The van der Waals surface area contributed by atoms with E-state index in [1.807, 2.05) is 47.3 Å². The molecule has 4 aromatic rings. The van der Waals surface area contributed by atoms with Gasteiger partial charge in [0.15, 0.2) is 0 Å². The third kappa shape index (κ3) is 7.29. The largest absolute Gasteiger partial charge is 0.489 e. The molecule has 0 amide bonds. The Hall–Kier alpha value is -4.46. The fourth-order valence-corrected chi connectivity index (χ4v) is 3.85. The molecule has 7 nitrogen and oxygen atoms in total. The van der Waals surface area contributed by atoms with Crippen LogP contribution in [-0.4, -0.2) is 26.6 Å². The first-order valence-corrected chi connectivity index (χ1v) is 12.4. The van der Waals surface area contributed by atoms with Crippen molar-refractivity contribution in [2.24, 2.45) is 11.1 Å². The molecule has 0 aliphatic rings. The van der Waals surface area contributed by atoms with Gasteiger partial charge >= 0.3 is 5.97 Å². The lowest BCUT2D eigenvalue weighted by molar-refractivity contribution is -0.139. The van der Waals surface area contributed by atoms with Crippen LogP contribution in [0.5, 0.6) is 5.75 Å². The molecule has 0 radical (unpaired) electrons. The van der Waals surface area contributed by atoms with Gasteiger partial charge in [0.25, 0.3) is 0 Å². The van der Waals surface area contributed by atoms with Gasteiger partial charge < -0.3 is 14.7 Å². The molecule has 0 saturated heterocycles. The topological polar surface area (TPSA) is 85.9 Å². The number of aliphatic carboxylic acids is 1. The Balaban J connectivity index is 1.30. The summed E-state index contributed by atoms with van der Waals surface area (Å²) in [5, 5.41) is 18.1. The van der Waals surface area contributed by atoms with Gasteiger partial charge in [0.1, 0.15) is 30.7 Å². The molecule has 4 rings (SSSR count). The summed E-state index contributed by atoms with van der Waals surface area (Å²) in [7, 11) is 0. The van der Waals surface area contributed by atoms with Crippen LogP contribution in [0.2, 0.25) is 0 Å². The van der Waals surface area contributed by atoms with Crippen LogP contribution in [0.1, 0.15) is 36.1 Å². The van der Waals surface area contributed by atoms with Crippen molar-refractivity contribution in [2.75, 3.05) is 0 Å². The average Bonchev–Trinajstić information content (AvgIpc) is 3.41. The summed E-state index contributed by atoms with van der Waals surface area (Å²) in [6.45, 7) is 4.24. The van der Waals surface area contributed by atoms with Crippen LogP contribution < -0.4 is 4.74 Å². The summed E-state index contributed by atoms with van der Waals surface area (Å²) in [6, 6.07) is 21.5. The van der Waals surface area contributed by atoms with Gasteiger partial charge in [0, 0.05) is 11.8 Å². The molecule has 8 heteroatoms. The van der Waals surface area contributed by atoms with Crippen LogP contribution in [0, 0.1) is 11.7 Å². The Morgan fingerprint density at radius 2 is 1.61 bits per heavy atom. The molecule has 196 valence electrons. The van der Waals surface area contributed by atoms with E-state index in [2.05, 4.69) is 29.3 Å². The zero-order valence-electron chi connectivity index (χ0n) is 21.4. The van der Waals surface area contributed by atoms with E-state index < -0.39 is 11.9 Å². The second kappa shape index (κ2) is 12.7. The number of hydrogen-bond donors (Lipinski definition) is 1. The summed E-state index contributed by atoms with van der Waals surface area (Å²) < 4.78 is 20.7. The highest BCUT2D eigenvalue weighted by molar-refractivity contribution is 6.00. The number of hydrogen-bond acceptors (Lipinski definition) is 5. The number of halogens is 1. The van der Waals surface area contributed by atoms with Gasteiger partial charge in [-0.15, -0.1) is 0 Å². The molecular formula is C30H30FN3O4. The molecule has 1 heterocycles. The zero-order chi connectivity index (χ0) is 26.9. The molecule has 0 saturated carbocycles. The Kier molecular flexibility index (Phi) is 8.87. The number of aryl methyl sites for hydroxylation is 1. The molecular weight excluding hydrogens is 485 g/mol. The van der Waals surface area contributed by atoms with E-state index in [9.17, 15) is 14.3 Å². The molecule has 0 bridgehead atoms. The van der Waals surface area contributed by atoms with Crippen molar-refractivity contribution in [2.45, 2.75) is 39.9 Å². The highest BCUT2D eigenvalue weighted by Crippen LogP contribution is 2.19. The van der Waals surface area contributed by atoms with Crippen LogP contribution in [0.25, 0.3) is 5.69 Å². The molecule has 0 aliphatic carbocycles. The highest BCUT2D eigenvalue weighted by atomic mass is 19.1. The summed E-state index contributed by atoms with van der Waals surface area (Å²) in [5.41, 5.74) is 5.13. The van der Waals surface area contributed by atoms with Crippen molar-refractivity contribution in [1.29, 1.82) is 0 Å². The van der Waals surface area contributed by atoms with Crippen LogP contribution in [0.15, 0.2) is 90.3 Å². The first kappa shape index (κ1) is 26.6. The molecule has 0 aliphatic heterocycles. The van der Waals surface area contributed by atoms with Crippen LogP contribution in [-0.2, 0) is 35.7 Å². The minimum absolute atomic E-state index is 0.125. The number of oxime groups is 1. The lowest BCUT2D eigenvalue weighted by atomic mass is 9.95. The fourth-order valence-electron chi connectivity index (χ4n) is 3.85. The number of carbonyl (C=O) groups is 1. The van der Waals surface area contributed by atoms with Crippen LogP contribution in [0.3, 0.4) is 0 Å². The predicted octanol–water partition coefficient (Wildman–Crippen LogP) is 5.99. The summed E-state index contributed by atoms with van der Waals surface area (Å²) in [6.07, 6.45) is 4.97. The maximum Gasteiger partial charge on any atom is 0.312 e. The lowest BCUT2D eigenvalue weighted by Gasteiger charge is -2.13. The second-order valence-electron chi connectivity index (χ2n) is 8.97. The van der Waals surface area contributed by atoms with Gasteiger partial charge in [-0.1, -0.05) is 48.5 Å². The molecule has 1 atom stereocenters. The smallest absolute Gasteiger partial charge is 0.312 e.